The fraction of sp³-hybridized carbons (Fsp3) is 0.647. The van der Waals surface area contributed by atoms with Crippen molar-refractivity contribution in [1.82, 2.24) is 9.80 Å². The van der Waals surface area contributed by atoms with Gasteiger partial charge in [-0.2, -0.15) is 0 Å². The minimum absolute atomic E-state index is 0.0133. The van der Waals surface area contributed by atoms with Crippen molar-refractivity contribution >= 4 is 0 Å². The number of piperidine rings is 2. The number of halogens is 1. The molecule has 3 nitrogen and oxygen atoms in total. The van der Waals surface area contributed by atoms with Crippen molar-refractivity contribution in [1.29, 1.82) is 0 Å². The van der Waals surface area contributed by atoms with Crippen LogP contribution in [0.5, 0.6) is 0 Å². The van der Waals surface area contributed by atoms with Gasteiger partial charge in [0.25, 0.3) is 0 Å². The summed E-state index contributed by atoms with van der Waals surface area (Å²) in [5.74, 6) is 0.578. The molecule has 1 aromatic carbocycles. The second-order valence-corrected chi connectivity index (χ2v) is 6.51. The van der Waals surface area contributed by atoms with Gasteiger partial charge in [-0.25, -0.2) is 4.39 Å². The van der Waals surface area contributed by atoms with Gasteiger partial charge in [-0.3, -0.25) is 4.90 Å². The van der Waals surface area contributed by atoms with E-state index >= 15 is 0 Å². The summed E-state index contributed by atoms with van der Waals surface area (Å²) in [7, 11) is 2.24. The maximum absolute atomic E-state index is 14.1. The summed E-state index contributed by atoms with van der Waals surface area (Å²) in [6, 6.07) is 7.79. The molecule has 3 unspecified atom stereocenters. The monoisotopic (exact) mass is 291 g/mol. The van der Waals surface area contributed by atoms with E-state index in [1.54, 1.807) is 12.1 Å². The number of nitrogens with two attached hydrogens (primary N) is 1. The van der Waals surface area contributed by atoms with Gasteiger partial charge in [0, 0.05) is 37.3 Å². The first-order valence-electron chi connectivity index (χ1n) is 8.09. The molecule has 0 spiro atoms. The molecule has 21 heavy (non-hydrogen) atoms. The molecule has 0 saturated carbocycles. The maximum Gasteiger partial charge on any atom is 0.128 e. The third kappa shape index (κ3) is 2.98. The fourth-order valence-corrected chi connectivity index (χ4v) is 4.18. The molecule has 2 N–H and O–H groups in total. The lowest BCUT2D eigenvalue weighted by Gasteiger charge is -2.48. The summed E-state index contributed by atoms with van der Waals surface area (Å²) in [6.45, 7) is 3.76. The molecule has 2 aliphatic rings. The van der Waals surface area contributed by atoms with Crippen molar-refractivity contribution in [3.8, 4) is 0 Å². The second kappa shape index (κ2) is 6.42. The summed E-state index contributed by atoms with van der Waals surface area (Å²) in [4.78, 5) is 4.91. The fourth-order valence-electron chi connectivity index (χ4n) is 4.18. The van der Waals surface area contributed by atoms with Crippen LogP contribution in [0.3, 0.4) is 0 Å². The molecule has 2 saturated heterocycles. The third-order valence-electron chi connectivity index (χ3n) is 5.31. The molecular weight excluding hydrogens is 265 g/mol. The average Bonchev–Trinajstić information content (AvgIpc) is 2.50. The minimum Gasteiger partial charge on any atom is -0.329 e. The van der Waals surface area contributed by atoms with Crippen LogP contribution in [0.25, 0.3) is 0 Å². The van der Waals surface area contributed by atoms with E-state index in [2.05, 4.69) is 16.8 Å². The maximum atomic E-state index is 14.1. The van der Waals surface area contributed by atoms with Crippen LogP contribution >= 0.6 is 0 Å². The van der Waals surface area contributed by atoms with E-state index in [9.17, 15) is 4.39 Å². The quantitative estimate of drug-likeness (QED) is 0.927. The molecule has 3 atom stereocenters. The Labute approximate surface area is 126 Å². The molecule has 0 radical (unpaired) electrons. The van der Waals surface area contributed by atoms with Crippen LogP contribution in [0.2, 0.25) is 0 Å². The second-order valence-electron chi connectivity index (χ2n) is 6.51. The lowest BCUT2D eigenvalue weighted by atomic mass is 9.83. The lowest BCUT2D eigenvalue weighted by molar-refractivity contribution is 0.0205. The van der Waals surface area contributed by atoms with E-state index < -0.39 is 0 Å². The van der Waals surface area contributed by atoms with E-state index in [0.717, 1.165) is 18.7 Å². The van der Waals surface area contributed by atoms with Crippen molar-refractivity contribution in [2.24, 2.45) is 11.7 Å². The molecule has 0 bridgehead atoms. The van der Waals surface area contributed by atoms with Gasteiger partial charge in [0.1, 0.15) is 5.82 Å². The Morgan fingerprint density at radius 2 is 2.10 bits per heavy atom. The van der Waals surface area contributed by atoms with E-state index in [1.807, 2.05) is 12.1 Å². The first-order chi connectivity index (χ1) is 10.2. The first-order valence-corrected chi connectivity index (χ1v) is 8.09. The standard InChI is InChI=1S/C17H26FN3/c1-20-9-4-5-13-12-21(10-8-16(13)20)17(11-19)14-6-2-3-7-15(14)18/h2-3,6-7,13,16-17H,4-5,8-12,19H2,1H3. The Kier molecular flexibility index (Phi) is 4.57. The summed E-state index contributed by atoms with van der Waals surface area (Å²) < 4.78 is 14.1. The molecule has 2 aliphatic heterocycles. The Hall–Kier alpha value is -0.970. The summed E-state index contributed by atoms with van der Waals surface area (Å²) in [5.41, 5.74) is 6.73. The molecule has 0 aromatic heterocycles. The zero-order chi connectivity index (χ0) is 14.8. The third-order valence-corrected chi connectivity index (χ3v) is 5.31. The van der Waals surface area contributed by atoms with E-state index in [4.69, 9.17) is 5.73 Å². The largest absolute Gasteiger partial charge is 0.329 e. The highest BCUT2D eigenvalue weighted by atomic mass is 19.1. The Bertz CT molecular complexity index is 479. The van der Waals surface area contributed by atoms with Crippen LogP contribution in [0.4, 0.5) is 4.39 Å². The van der Waals surface area contributed by atoms with Gasteiger partial charge < -0.3 is 10.6 Å². The lowest BCUT2D eigenvalue weighted by Crippen LogP contribution is -2.54. The van der Waals surface area contributed by atoms with Gasteiger partial charge in [-0.1, -0.05) is 18.2 Å². The zero-order valence-corrected chi connectivity index (χ0v) is 12.8. The molecule has 116 valence electrons. The van der Waals surface area contributed by atoms with Crippen LogP contribution in [-0.4, -0.2) is 49.1 Å². The van der Waals surface area contributed by atoms with Crippen molar-refractivity contribution in [2.45, 2.75) is 31.3 Å². The van der Waals surface area contributed by atoms with Gasteiger partial charge >= 0.3 is 0 Å². The summed E-state index contributed by atoms with van der Waals surface area (Å²) >= 11 is 0. The number of fused-ring (bicyclic) bond motifs is 1. The van der Waals surface area contributed by atoms with E-state index in [1.165, 1.54) is 25.8 Å². The van der Waals surface area contributed by atoms with E-state index in [-0.39, 0.29) is 11.9 Å². The predicted octanol–water partition coefficient (Wildman–Crippen LogP) is 2.24. The highest BCUT2D eigenvalue weighted by Crippen LogP contribution is 2.33. The number of nitrogens with zero attached hydrogens (tertiary/aromatic N) is 2. The van der Waals surface area contributed by atoms with E-state index in [0.29, 0.717) is 18.5 Å². The van der Waals surface area contributed by atoms with Crippen LogP contribution in [-0.2, 0) is 0 Å². The van der Waals surface area contributed by atoms with Crippen molar-refractivity contribution < 1.29 is 4.39 Å². The topological polar surface area (TPSA) is 32.5 Å². The van der Waals surface area contributed by atoms with Gasteiger partial charge in [-0.05, 0) is 44.8 Å². The first kappa shape index (κ1) is 14.9. The van der Waals surface area contributed by atoms with Crippen molar-refractivity contribution in [3.63, 3.8) is 0 Å². The van der Waals surface area contributed by atoms with Gasteiger partial charge in [-0.15, -0.1) is 0 Å². The number of benzene rings is 1. The Morgan fingerprint density at radius 3 is 2.86 bits per heavy atom. The van der Waals surface area contributed by atoms with Crippen LogP contribution in [0.1, 0.15) is 30.9 Å². The molecule has 2 heterocycles. The van der Waals surface area contributed by atoms with Crippen LogP contribution in [0, 0.1) is 11.7 Å². The van der Waals surface area contributed by atoms with Crippen LogP contribution in [0.15, 0.2) is 24.3 Å². The molecule has 4 heteroatoms. The smallest absolute Gasteiger partial charge is 0.128 e. The molecule has 0 amide bonds. The Balaban J connectivity index is 1.75. The number of rotatable bonds is 3. The number of hydrogen-bond acceptors (Lipinski definition) is 3. The minimum atomic E-state index is -0.129. The molecule has 3 rings (SSSR count). The summed E-state index contributed by atoms with van der Waals surface area (Å²) in [5, 5.41) is 0. The molecule has 2 fully saturated rings. The molecule has 0 aliphatic carbocycles. The summed E-state index contributed by atoms with van der Waals surface area (Å²) in [6.07, 6.45) is 3.74. The van der Waals surface area contributed by atoms with Gasteiger partial charge in [0.05, 0.1) is 0 Å². The number of hydrogen-bond donors (Lipinski definition) is 1. The van der Waals surface area contributed by atoms with Crippen molar-refractivity contribution in [2.75, 3.05) is 33.2 Å². The molecule has 1 aromatic rings. The average molecular weight is 291 g/mol. The SMILES string of the molecule is CN1CCCC2CN(C(CN)c3ccccc3F)CCC21. The predicted molar refractivity (Wildman–Crippen MR) is 83.5 cm³/mol. The van der Waals surface area contributed by atoms with Gasteiger partial charge in [0.2, 0.25) is 0 Å². The van der Waals surface area contributed by atoms with Crippen LogP contribution < -0.4 is 5.73 Å². The zero-order valence-electron chi connectivity index (χ0n) is 12.8. The molecular formula is C17H26FN3. The highest BCUT2D eigenvalue weighted by Gasteiger charge is 2.36. The van der Waals surface area contributed by atoms with Crippen molar-refractivity contribution in [3.05, 3.63) is 35.6 Å². The van der Waals surface area contributed by atoms with Gasteiger partial charge in [0.15, 0.2) is 0 Å². The highest BCUT2D eigenvalue weighted by molar-refractivity contribution is 5.22. The Morgan fingerprint density at radius 1 is 1.29 bits per heavy atom. The number of likely N-dealkylation sites (tertiary alicyclic amines) is 2. The normalized spacial score (nSPS) is 29.1.